The van der Waals surface area contributed by atoms with E-state index in [-0.39, 0.29) is 11.9 Å². The summed E-state index contributed by atoms with van der Waals surface area (Å²) < 4.78 is 4.81. The van der Waals surface area contributed by atoms with Crippen molar-refractivity contribution in [3.8, 4) is 0 Å². The van der Waals surface area contributed by atoms with Crippen molar-refractivity contribution in [3.63, 3.8) is 0 Å². The van der Waals surface area contributed by atoms with Crippen molar-refractivity contribution in [2.24, 2.45) is 5.73 Å². The molecule has 1 unspecified atom stereocenters. The Hall–Kier alpha value is -1.43. The number of nitrogens with zero attached hydrogens (tertiary/aromatic N) is 3. The molecular weight excluding hydrogens is 184 g/mol. The van der Waals surface area contributed by atoms with E-state index in [1.165, 1.54) is 0 Å². The van der Waals surface area contributed by atoms with E-state index in [9.17, 15) is 4.79 Å². The lowest BCUT2D eigenvalue weighted by molar-refractivity contribution is -0.128. The van der Waals surface area contributed by atoms with E-state index in [0.29, 0.717) is 31.2 Å². The number of nitrogens with two attached hydrogens (primary N) is 1. The van der Waals surface area contributed by atoms with Crippen LogP contribution in [0.5, 0.6) is 0 Å². The summed E-state index contributed by atoms with van der Waals surface area (Å²) in [5, 5.41) is 3.72. The van der Waals surface area contributed by atoms with Crippen molar-refractivity contribution in [1.82, 2.24) is 15.0 Å². The Morgan fingerprint density at radius 3 is 3.00 bits per heavy atom. The largest absolute Gasteiger partial charge is 0.340 e. The van der Waals surface area contributed by atoms with Crippen LogP contribution in [0.4, 0.5) is 0 Å². The van der Waals surface area contributed by atoms with Crippen LogP contribution < -0.4 is 5.73 Å². The van der Waals surface area contributed by atoms with Crippen molar-refractivity contribution in [2.45, 2.75) is 25.9 Å². The van der Waals surface area contributed by atoms with Gasteiger partial charge >= 0.3 is 0 Å². The molecule has 76 valence electrons. The number of carbonyl (C=O) groups excluding carboxylic acids is 1. The van der Waals surface area contributed by atoms with E-state index in [0.717, 1.165) is 0 Å². The lowest BCUT2D eigenvalue weighted by Gasteiger charge is -2.12. The second-order valence-corrected chi connectivity index (χ2v) is 3.47. The van der Waals surface area contributed by atoms with Crippen LogP contribution in [0, 0.1) is 6.92 Å². The average molecular weight is 196 g/mol. The molecule has 2 rings (SSSR count). The van der Waals surface area contributed by atoms with Crippen LogP contribution in [0.25, 0.3) is 0 Å². The van der Waals surface area contributed by atoms with E-state index in [1.807, 2.05) is 0 Å². The van der Waals surface area contributed by atoms with Crippen LogP contribution in [0.3, 0.4) is 0 Å². The monoisotopic (exact) mass is 196 g/mol. The molecule has 1 saturated heterocycles. The van der Waals surface area contributed by atoms with Gasteiger partial charge in [0.1, 0.15) is 0 Å². The minimum Gasteiger partial charge on any atom is -0.340 e. The molecule has 0 bridgehead atoms. The number of aryl methyl sites for hydroxylation is 1. The first kappa shape index (κ1) is 9.14. The second-order valence-electron chi connectivity index (χ2n) is 3.47. The van der Waals surface area contributed by atoms with Gasteiger partial charge in [-0.2, -0.15) is 4.98 Å². The van der Waals surface area contributed by atoms with Gasteiger partial charge in [-0.1, -0.05) is 5.16 Å². The molecule has 0 aliphatic carbocycles. The van der Waals surface area contributed by atoms with E-state index in [4.69, 9.17) is 10.3 Å². The third kappa shape index (κ3) is 1.74. The summed E-state index contributed by atoms with van der Waals surface area (Å²) in [7, 11) is 0. The molecule has 0 aromatic carbocycles. The highest BCUT2D eigenvalue weighted by atomic mass is 16.5. The van der Waals surface area contributed by atoms with Crippen molar-refractivity contribution in [2.75, 3.05) is 6.54 Å². The van der Waals surface area contributed by atoms with Crippen LogP contribution in [0.2, 0.25) is 0 Å². The first-order valence-electron chi connectivity index (χ1n) is 4.47. The maximum Gasteiger partial charge on any atom is 0.224 e. The van der Waals surface area contributed by atoms with Crippen LogP contribution in [0.15, 0.2) is 4.52 Å². The predicted molar refractivity (Wildman–Crippen MR) is 47.0 cm³/mol. The van der Waals surface area contributed by atoms with Crippen molar-refractivity contribution >= 4 is 5.91 Å². The molecule has 2 heterocycles. The van der Waals surface area contributed by atoms with E-state index < -0.39 is 0 Å². The zero-order valence-electron chi connectivity index (χ0n) is 7.93. The molecule has 0 saturated carbocycles. The van der Waals surface area contributed by atoms with Crippen LogP contribution in [-0.4, -0.2) is 33.5 Å². The number of amides is 1. The molecule has 0 radical (unpaired) electrons. The molecule has 1 amide bonds. The molecule has 0 spiro atoms. The fourth-order valence-corrected chi connectivity index (χ4v) is 1.53. The van der Waals surface area contributed by atoms with Gasteiger partial charge in [0, 0.05) is 25.9 Å². The minimum absolute atomic E-state index is 0.0555. The summed E-state index contributed by atoms with van der Waals surface area (Å²) in [6.45, 7) is 2.68. The van der Waals surface area contributed by atoms with E-state index in [1.54, 1.807) is 11.8 Å². The lowest BCUT2D eigenvalue weighted by atomic mass is 10.3. The van der Waals surface area contributed by atoms with E-state index >= 15 is 0 Å². The van der Waals surface area contributed by atoms with Crippen molar-refractivity contribution < 1.29 is 9.32 Å². The number of carbonyl (C=O) groups is 1. The number of likely N-dealkylation sites (tertiary alicyclic amines) is 1. The van der Waals surface area contributed by atoms with Gasteiger partial charge in [0.2, 0.25) is 11.8 Å². The fraction of sp³-hybridized carbons (Fsp3) is 0.625. The molecule has 6 nitrogen and oxygen atoms in total. The van der Waals surface area contributed by atoms with Gasteiger partial charge in [0.25, 0.3) is 0 Å². The number of aromatic nitrogens is 2. The van der Waals surface area contributed by atoms with Gasteiger partial charge in [-0.3, -0.25) is 4.79 Å². The number of hydrogen-bond acceptors (Lipinski definition) is 5. The molecule has 2 N–H and O–H groups in total. The first-order valence-corrected chi connectivity index (χ1v) is 4.47. The van der Waals surface area contributed by atoms with Gasteiger partial charge in [0.05, 0.1) is 6.54 Å². The highest BCUT2D eigenvalue weighted by Crippen LogP contribution is 2.11. The predicted octanol–water partition coefficient (Wildman–Crippen LogP) is -0.562. The Kier molecular flexibility index (Phi) is 2.20. The van der Waals surface area contributed by atoms with Gasteiger partial charge in [-0.05, 0) is 0 Å². The topological polar surface area (TPSA) is 85.3 Å². The summed E-state index contributed by atoms with van der Waals surface area (Å²) in [6.07, 6.45) is 0.414. The maximum atomic E-state index is 11.4. The molecule has 1 atom stereocenters. The summed E-state index contributed by atoms with van der Waals surface area (Å²) in [6, 6.07) is -0.0597. The highest BCUT2D eigenvalue weighted by Gasteiger charge is 2.27. The molecule has 1 fully saturated rings. The van der Waals surface area contributed by atoms with Crippen LogP contribution in [0.1, 0.15) is 18.1 Å². The van der Waals surface area contributed by atoms with Crippen LogP contribution in [-0.2, 0) is 11.3 Å². The van der Waals surface area contributed by atoms with Crippen molar-refractivity contribution in [1.29, 1.82) is 0 Å². The maximum absolute atomic E-state index is 11.4. The van der Waals surface area contributed by atoms with Gasteiger partial charge < -0.3 is 15.2 Å². The molecule has 14 heavy (non-hydrogen) atoms. The summed E-state index contributed by atoms with van der Waals surface area (Å²) in [5.41, 5.74) is 5.65. The Balaban J connectivity index is 2.01. The molecule has 1 aromatic heterocycles. The molecule has 1 aliphatic heterocycles. The smallest absolute Gasteiger partial charge is 0.224 e. The number of rotatable bonds is 2. The summed E-state index contributed by atoms with van der Waals surface area (Å²) in [4.78, 5) is 17.0. The highest BCUT2D eigenvalue weighted by molar-refractivity contribution is 5.79. The molecule has 6 heteroatoms. The first-order chi connectivity index (χ1) is 6.65. The normalized spacial score (nSPS) is 22.0. The summed E-state index contributed by atoms with van der Waals surface area (Å²) >= 11 is 0. The lowest BCUT2D eigenvalue weighted by Crippen LogP contribution is -2.28. The van der Waals surface area contributed by atoms with Gasteiger partial charge in [-0.15, -0.1) is 0 Å². The average Bonchev–Trinajstić information content (AvgIpc) is 2.61. The standard InChI is InChI=1S/C8H12N4O2/c1-5-10-7(11-14-5)4-12-3-6(9)2-8(12)13/h6H,2-4,9H2,1H3. The van der Waals surface area contributed by atoms with Gasteiger partial charge in [-0.25, -0.2) is 0 Å². The molecule has 1 aromatic rings. The third-order valence-electron chi connectivity index (χ3n) is 2.15. The zero-order chi connectivity index (χ0) is 10.1. The quantitative estimate of drug-likeness (QED) is 0.685. The second kappa shape index (κ2) is 3.38. The molecular formula is C8H12N4O2. The zero-order valence-corrected chi connectivity index (χ0v) is 7.93. The fourth-order valence-electron chi connectivity index (χ4n) is 1.53. The minimum atomic E-state index is -0.0597. The van der Waals surface area contributed by atoms with Crippen molar-refractivity contribution in [3.05, 3.63) is 11.7 Å². The van der Waals surface area contributed by atoms with Gasteiger partial charge in [0.15, 0.2) is 5.82 Å². The van der Waals surface area contributed by atoms with E-state index in [2.05, 4.69) is 10.1 Å². The SMILES string of the molecule is Cc1nc(CN2CC(N)CC2=O)no1. The molecule has 1 aliphatic rings. The summed E-state index contributed by atoms with van der Waals surface area (Å²) in [5.74, 6) is 1.10. The Morgan fingerprint density at radius 1 is 1.71 bits per heavy atom. The third-order valence-corrected chi connectivity index (χ3v) is 2.15. The number of hydrogen-bond donors (Lipinski definition) is 1. The Morgan fingerprint density at radius 2 is 2.50 bits per heavy atom. The van der Waals surface area contributed by atoms with Crippen LogP contribution >= 0.6 is 0 Å². The Bertz CT molecular complexity index is 349. The Labute approximate surface area is 81.1 Å².